The molecule has 0 unspecified atom stereocenters. The summed E-state index contributed by atoms with van der Waals surface area (Å²) in [7, 11) is 2.94. The normalized spacial score (nSPS) is 10.2. The predicted octanol–water partition coefficient (Wildman–Crippen LogP) is 1.57. The van der Waals surface area contributed by atoms with Gasteiger partial charge >= 0.3 is 6.09 Å². The minimum Gasteiger partial charge on any atom is -0.497 e. The second-order valence-electron chi connectivity index (χ2n) is 4.30. The van der Waals surface area contributed by atoms with E-state index in [1.54, 1.807) is 7.11 Å². The van der Waals surface area contributed by atoms with E-state index in [9.17, 15) is 4.79 Å². The van der Waals surface area contributed by atoms with E-state index in [2.05, 4.69) is 20.2 Å². The number of rotatable bonds is 6. The van der Waals surface area contributed by atoms with Crippen LogP contribution in [-0.4, -0.2) is 37.0 Å². The van der Waals surface area contributed by atoms with Gasteiger partial charge in [0, 0.05) is 19.4 Å². The summed E-state index contributed by atoms with van der Waals surface area (Å²) in [5.41, 5.74) is 1.07. The first-order valence-electron chi connectivity index (χ1n) is 6.47. The molecule has 2 aromatic rings. The van der Waals surface area contributed by atoms with Gasteiger partial charge in [-0.15, -0.1) is 0 Å². The zero-order chi connectivity index (χ0) is 15.1. The average Bonchev–Trinajstić information content (AvgIpc) is 2.95. The third-order valence-electron chi connectivity index (χ3n) is 2.83. The fourth-order valence-corrected chi connectivity index (χ4v) is 1.73. The zero-order valence-corrected chi connectivity index (χ0v) is 12.0. The Hall–Kier alpha value is -2.57. The summed E-state index contributed by atoms with van der Waals surface area (Å²) in [4.78, 5) is 15.2. The van der Waals surface area contributed by atoms with Crippen LogP contribution in [0.5, 0.6) is 5.75 Å². The molecule has 7 nitrogen and oxygen atoms in total. The van der Waals surface area contributed by atoms with Crippen LogP contribution in [0.1, 0.15) is 17.3 Å². The van der Waals surface area contributed by atoms with Crippen molar-refractivity contribution in [3.05, 3.63) is 41.5 Å². The fraction of sp³-hybridized carbons (Fsp3) is 0.357. The lowest BCUT2D eigenvalue weighted by Gasteiger charge is -2.00. The van der Waals surface area contributed by atoms with E-state index < -0.39 is 6.09 Å². The van der Waals surface area contributed by atoms with Crippen molar-refractivity contribution in [1.29, 1.82) is 0 Å². The van der Waals surface area contributed by atoms with Crippen LogP contribution in [0.2, 0.25) is 0 Å². The highest BCUT2D eigenvalue weighted by atomic mass is 16.5. The molecule has 0 fully saturated rings. The molecule has 1 N–H and O–H groups in total. The minimum absolute atomic E-state index is 0.386. The average molecular weight is 291 g/mol. The maximum Gasteiger partial charge on any atom is 0.406 e. The van der Waals surface area contributed by atoms with Gasteiger partial charge in [-0.1, -0.05) is 17.3 Å². The highest BCUT2D eigenvalue weighted by Gasteiger charge is 2.08. The van der Waals surface area contributed by atoms with Gasteiger partial charge in [0.15, 0.2) is 5.82 Å². The lowest BCUT2D eigenvalue weighted by molar-refractivity contribution is 0.171. The number of nitrogens with one attached hydrogen (secondary N) is 1. The molecule has 0 saturated heterocycles. The van der Waals surface area contributed by atoms with Crippen molar-refractivity contribution >= 4 is 6.09 Å². The Morgan fingerprint density at radius 1 is 1.29 bits per heavy atom. The van der Waals surface area contributed by atoms with Crippen molar-refractivity contribution in [2.75, 3.05) is 20.8 Å². The predicted molar refractivity (Wildman–Crippen MR) is 74.2 cm³/mol. The smallest absolute Gasteiger partial charge is 0.406 e. The molecule has 0 saturated carbocycles. The maximum atomic E-state index is 10.9. The molecule has 0 spiro atoms. The summed E-state index contributed by atoms with van der Waals surface area (Å²) in [5, 5.41) is 6.46. The first kappa shape index (κ1) is 14.8. The number of amides is 1. The van der Waals surface area contributed by atoms with Crippen LogP contribution in [0.3, 0.4) is 0 Å². The number of benzene rings is 1. The number of methoxy groups -OCH3 is 2. The molecule has 2 rings (SSSR count). The van der Waals surface area contributed by atoms with Gasteiger partial charge in [0.1, 0.15) is 5.75 Å². The third-order valence-corrected chi connectivity index (χ3v) is 2.83. The zero-order valence-electron chi connectivity index (χ0n) is 12.0. The van der Waals surface area contributed by atoms with Crippen LogP contribution in [0.25, 0.3) is 0 Å². The fourth-order valence-electron chi connectivity index (χ4n) is 1.73. The Morgan fingerprint density at radius 3 is 2.71 bits per heavy atom. The Labute approximate surface area is 122 Å². The van der Waals surface area contributed by atoms with Crippen LogP contribution >= 0.6 is 0 Å². The lowest BCUT2D eigenvalue weighted by atomic mass is 10.1. The Balaban J connectivity index is 1.85. The standard InChI is InChI=1S/C14H17N3O4/c1-19-11-5-3-10(4-6-11)9-12-16-13(21-17-12)7-8-15-14(18)20-2/h3-6H,7-9H2,1-2H3,(H,15,18). The molecule has 0 bridgehead atoms. The summed E-state index contributed by atoms with van der Waals surface area (Å²) in [6, 6.07) is 7.68. The van der Waals surface area contributed by atoms with Crippen LogP contribution < -0.4 is 10.1 Å². The quantitative estimate of drug-likeness (QED) is 0.869. The van der Waals surface area contributed by atoms with Crippen LogP contribution in [0.4, 0.5) is 4.79 Å². The highest BCUT2D eigenvalue weighted by Crippen LogP contribution is 2.13. The number of carbonyl (C=O) groups is 1. The van der Waals surface area contributed by atoms with Gasteiger partial charge in [-0.05, 0) is 17.7 Å². The van der Waals surface area contributed by atoms with Crippen LogP contribution in [0, 0.1) is 0 Å². The number of hydrogen-bond acceptors (Lipinski definition) is 6. The number of ether oxygens (including phenoxy) is 2. The number of carbonyl (C=O) groups excluding carboxylic acids is 1. The van der Waals surface area contributed by atoms with E-state index in [1.807, 2.05) is 24.3 Å². The molecule has 1 aromatic carbocycles. The van der Waals surface area contributed by atoms with E-state index >= 15 is 0 Å². The number of alkyl carbamates (subject to hydrolysis) is 1. The summed E-state index contributed by atoms with van der Waals surface area (Å²) >= 11 is 0. The van der Waals surface area contributed by atoms with Gasteiger partial charge in [0.05, 0.1) is 14.2 Å². The summed E-state index contributed by atoms with van der Waals surface area (Å²) in [6.07, 6.45) is 0.566. The molecule has 0 aliphatic heterocycles. The van der Waals surface area contributed by atoms with Crippen molar-refractivity contribution in [2.24, 2.45) is 0 Å². The van der Waals surface area contributed by atoms with Crippen LogP contribution in [0.15, 0.2) is 28.8 Å². The molecule has 0 aliphatic carbocycles. The van der Waals surface area contributed by atoms with Gasteiger partial charge in [-0.2, -0.15) is 4.98 Å². The van der Waals surface area contributed by atoms with Gasteiger partial charge in [0.25, 0.3) is 0 Å². The summed E-state index contributed by atoms with van der Waals surface area (Å²) < 4.78 is 14.7. The molecule has 0 radical (unpaired) electrons. The monoisotopic (exact) mass is 291 g/mol. The van der Waals surface area contributed by atoms with Gasteiger partial charge in [-0.25, -0.2) is 4.79 Å². The Kier molecular flexibility index (Phi) is 5.14. The van der Waals surface area contributed by atoms with Gasteiger partial charge < -0.3 is 19.3 Å². The maximum absolute atomic E-state index is 10.9. The van der Waals surface area contributed by atoms with Gasteiger partial charge in [0.2, 0.25) is 5.89 Å². The van der Waals surface area contributed by atoms with Crippen molar-refractivity contribution in [2.45, 2.75) is 12.8 Å². The first-order valence-corrected chi connectivity index (χ1v) is 6.47. The van der Waals surface area contributed by atoms with Gasteiger partial charge in [-0.3, -0.25) is 0 Å². The number of aromatic nitrogens is 2. The number of hydrogen-bond donors (Lipinski definition) is 1. The largest absolute Gasteiger partial charge is 0.497 e. The molecular formula is C14H17N3O4. The van der Waals surface area contributed by atoms with Crippen molar-refractivity contribution < 1.29 is 18.8 Å². The van der Waals surface area contributed by atoms with E-state index in [4.69, 9.17) is 9.26 Å². The SMILES string of the molecule is COC(=O)NCCc1nc(Cc2ccc(OC)cc2)no1. The molecule has 0 atom stereocenters. The first-order chi connectivity index (χ1) is 10.2. The molecule has 7 heteroatoms. The number of nitrogens with zero attached hydrogens (tertiary/aromatic N) is 2. The topological polar surface area (TPSA) is 86.5 Å². The molecule has 1 aromatic heterocycles. The lowest BCUT2D eigenvalue weighted by Crippen LogP contribution is -2.25. The molecule has 21 heavy (non-hydrogen) atoms. The summed E-state index contributed by atoms with van der Waals surface area (Å²) in [5.74, 6) is 1.89. The van der Waals surface area contributed by atoms with Crippen LogP contribution in [-0.2, 0) is 17.6 Å². The molecule has 1 amide bonds. The highest BCUT2D eigenvalue weighted by molar-refractivity contribution is 5.66. The third kappa shape index (κ3) is 4.48. The van der Waals surface area contributed by atoms with Crippen molar-refractivity contribution in [3.63, 3.8) is 0 Å². The minimum atomic E-state index is -0.479. The molecular weight excluding hydrogens is 274 g/mol. The van der Waals surface area contributed by atoms with E-state index in [0.717, 1.165) is 11.3 Å². The molecule has 1 heterocycles. The van der Waals surface area contributed by atoms with E-state index in [-0.39, 0.29) is 0 Å². The van der Waals surface area contributed by atoms with E-state index in [0.29, 0.717) is 31.1 Å². The second kappa shape index (κ2) is 7.28. The molecule has 112 valence electrons. The van der Waals surface area contributed by atoms with E-state index in [1.165, 1.54) is 7.11 Å². The summed E-state index contributed by atoms with van der Waals surface area (Å²) in [6.45, 7) is 0.386. The van der Waals surface area contributed by atoms with Crippen molar-refractivity contribution in [1.82, 2.24) is 15.5 Å². The Bertz CT molecular complexity index is 580. The Morgan fingerprint density at radius 2 is 2.05 bits per heavy atom. The second-order valence-corrected chi connectivity index (χ2v) is 4.30. The molecule has 0 aliphatic rings. The van der Waals surface area contributed by atoms with Crippen molar-refractivity contribution in [3.8, 4) is 5.75 Å².